The van der Waals surface area contributed by atoms with Gasteiger partial charge in [-0.2, -0.15) is 5.10 Å². The van der Waals surface area contributed by atoms with E-state index in [0.29, 0.717) is 28.9 Å². The number of hydrogen-bond acceptors (Lipinski definition) is 5. The quantitative estimate of drug-likeness (QED) is 0.558. The first-order valence-corrected chi connectivity index (χ1v) is 8.56. The van der Waals surface area contributed by atoms with Crippen molar-refractivity contribution in [1.29, 1.82) is 0 Å². The molecule has 0 aliphatic carbocycles. The Morgan fingerprint density at radius 3 is 2.75 bits per heavy atom. The van der Waals surface area contributed by atoms with E-state index in [1.54, 1.807) is 48.5 Å². The summed E-state index contributed by atoms with van der Waals surface area (Å²) in [5.41, 5.74) is 1.93. The zero-order valence-corrected chi connectivity index (χ0v) is 15.0. The SMILES string of the molecule is COc1ccc2c(=O)c(C(=O)Nc3ccc(Cn4cncn4)cc3)c[nH]c2c1. The Kier molecular flexibility index (Phi) is 4.59. The molecule has 2 aromatic carbocycles. The summed E-state index contributed by atoms with van der Waals surface area (Å²) in [5.74, 6) is 0.161. The summed E-state index contributed by atoms with van der Waals surface area (Å²) >= 11 is 0. The van der Waals surface area contributed by atoms with Gasteiger partial charge in [-0.25, -0.2) is 9.67 Å². The first-order chi connectivity index (χ1) is 13.6. The fourth-order valence-electron chi connectivity index (χ4n) is 2.89. The van der Waals surface area contributed by atoms with Gasteiger partial charge in [0, 0.05) is 23.3 Å². The Bertz CT molecular complexity index is 1180. The second-order valence-corrected chi connectivity index (χ2v) is 6.19. The topological polar surface area (TPSA) is 102 Å². The van der Waals surface area contributed by atoms with Crippen molar-refractivity contribution in [3.05, 3.63) is 82.7 Å². The van der Waals surface area contributed by atoms with Gasteiger partial charge in [0.05, 0.1) is 19.2 Å². The van der Waals surface area contributed by atoms with Crippen LogP contribution in [-0.2, 0) is 6.54 Å². The van der Waals surface area contributed by atoms with E-state index in [4.69, 9.17) is 4.74 Å². The number of benzene rings is 2. The van der Waals surface area contributed by atoms with Crippen LogP contribution in [0.5, 0.6) is 5.75 Å². The number of pyridine rings is 1. The molecule has 2 N–H and O–H groups in total. The number of H-pyrrole nitrogens is 1. The summed E-state index contributed by atoms with van der Waals surface area (Å²) in [4.78, 5) is 32.1. The molecule has 0 fully saturated rings. The Balaban J connectivity index is 1.53. The van der Waals surface area contributed by atoms with E-state index in [1.165, 1.54) is 12.5 Å². The maximum Gasteiger partial charge on any atom is 0.261 e. The number of aromatic nitrogens is 4. The minimum Gasteiger partial charge on any atom is -0.497 e. The van der Waals surface area contributed by atoms with Gasteiger partial charge in [-0.05, 0) is 29.8 Å². The molecule has 140 valence electrons. The number of carbonyl (C=O) groups excluding carboxylic acids is 1. The summed E-state index contributed by atoms with van der Waals surface area (Å²) in [6, 6.07) is 12.4. The summed E-state index contributed by atoms with van der Waals surface area (Å²) < 4.78 is 6.86. The molecule has 0 aliphatic heterocycles. The third-order valence-electron chi connectivity index (χ3n) is 4.36. The van der Waals surface area contributed by atoms with Crippen LogP contribution >= 0.6 is 0 Å². The standard InChI is InChI=1S/C20H17N5O3/c1-28-15-6-7-16-18(8-15)22-9-17(19(16)26)20(27)24-14-4-2-13(3-5-14)10-25-12-21-11-23-25/h2-9,11-12H,10H2,1H3,(H,22,26)(H,24,27). The van der Waals surface area contributed by atoms with Crippen LogP contribution in [0, 0.1) is 0 Å². The molecule has 28 heavy (non-hydrogen) atoms. The average molecular weight is 375 g/mol. The lowest BCUT2D eigenvalue weighted by atomic mass is 10.1. The number of nitrogens with zero attached hydrogens (tertiary/aromatic N) is 3. The van der Waals surface area contributed by atoms with Crippen LogP contribution in [0.2, 0.25) is 0 Å². The van der Waals surface area contributed by atoms with E-state index in [1.807, 2.05) is 12.1 Å². The van der Waals surface area contributed by atoms with Gasteiger partial charge in [0.15, 0.2) is 0 Å². The van der Waals surface area contributed by atoms with Crippen molar-refractivity contribution in [3.8, 4) is 5.75 Å². The van der Waals surface area contributed by atoms with Crippen molar-refractivity contribution in [1.82, 2.24) is 19.7 Å². The van der Waals surface area contributed by atoms with Gasteiger partial charge in [-0.3, -0.25) is 9.59 Å². The van der Waals surface area contributed by atoms with Gasteiger partial charge in [0.1, 0.15) is 24.0 Å². The van der Waals surface area contributed by atoms with E-state index in [2.05, 4.69) is 20.4 Å². The lowest BCUT2D eigenvalue weighted by Gasteiger charge is -2.08. The zero-order chi connectivity index (χ0) is 19.5. The van der Waals surface area contributed by atoms with Gasteiger partial charge in [-0.1, -0.05) is 12.1 Å². The minimum absolute atomic E-state index is 0.0457. The van der Waals surface area contributed by atoms with Crippen LogP contribution in [0.3, 0.4) is 0 Å². The molecule has 8 heteroatoms. The molecule has 1 amide bonds. The Hall–Kier alpha value is -3.94. The highest BCUT2D eigenvalue weighted by atomic mass is 16.5. The molecule has 0 saturated heterocycles. The third-order valence-corrected chi connectivity index (χ3v) is 4.36. The van der Waals surface area contributed by atoms with Gasteiger partial charge in [0.2, 0.25) is 5.43 Å². The van der Waals surface area contributed by atoms with E-state index in [0.717, 1.165) is 5.56 Å². The van der Waals surface area contributed by atoms with E-state index in [-0.39, 0.29) is 11.0 Å². The molecule has 0 radical (unpaired) electrons. The highest BCUT2D eigenvalue weighted by molar-refractivity contribution is 6.05. The average Bonchev–Trinajstić information content (AvgIpc) is 3.22. The maximum atomic E-state index is 12.7. The normalized spacial score (nSPS) is 10.8. The molecule has 0 spiro atoms. The van der Waals surface area contributed by atoms with Gasteiger partial charge >= 0.3 is 0 Å². The summed E-state index contributed by atoms with van der Waals surface area (Å²) in [6.45, 7) is 0.585. The number of rotatable bonds is 5. The number of fused-ring (bicyclic) bond motifs is 1. The number of carbonyl (C=O) groups is 1. The van der Waals surface area contributed by atoms with Crippen molar-refractivity contribution in [2.45, 2.75) is 6.54 Å². The van der Waals surface area contributed by atoms with Crippen LogP contribution in [0.25, 0.3) is 10.9 Å². The van der Waals surface area contributed by atoms with Gasteiger partial charge < -0.3 is 15.0 Å². The number of ether oxygens (including phenoxy) is 1. The zero-order valence-electron chi connectivity index (χ0n) is 15.0. The monoisotopic (exact) mass is 375 g/mol. The van der Waals surface area contributed by atoms with Crippen LogP contribution < -0.4 is 15.5 Å². The smallest absolute Gasteiger partial charge is 0.261 e. The van der Waals surface area contributed by atoms with E-state index in [9.17, 15) is 9.59 Å². The maximum absolute atomic E-state index is 12.7. The predicted octanol–water partition coefficient (Wildman–Crippen LogP) is 2.43. The molecule has 0 aliphatic rings. The van der Waals surface area contributed by atoms with Crippen LogP contribution in [-0.4, -0.2) is 32.8 Å². The fraction of sp³-hybridized carbons (Fsp3) is 0.100. The molecular weight excluding hydrogens is 358 g/mol. The summed E-state index contributed by atoms with van der Waals surface area (Å²) in [7, 11) is 1.55. The number of amides is 1. The van der Waals surface area contributed by atoms with Crippen molar-refractivity contribution in [2.24, 2.45) is 0 Å². The van der Waals surface area contributed by atoms with Crippen molar-refractivity contribution < 1.29 is 9.53 Å². The number of aromatic amines is 1. The first kappa shape index (κ1) is 17.5. The van der Waals surface area contributed by atoms with Crippen molar-refractivity contribution >= 4 is 22.5 Å². The highest BCUT2D eigenvalue weighted by Crippen LogP contribution is 2.17. The number of hydrogen-bond donors (Lipinski definition) is 2. The largest absolute Gasteiger partial charge is 0.497 e. The van der Waals surface area contributed by atoms with E-state index < -0.39 is 5.91 Å². The lowest BCUT2D eigenvalue weighted by Crippen LogP contribution is -2.22. The third kappa shape index (κ3) is 3.48. The Morgan fingerprint density at radius 1 is 1.21 bits per heavy atom. The Morgan fingerprint density at radius 2 is 2.04 bits per heavy atom. The molecule has 0 atom stereocenters. The molecule has 0 saturated carbocycles. The van der Waals surface area contributed by atoms with Crippen molar-refractivity contribution in [2.75, 3.05) is 12.4 Å². The molecular formula is C20H17N5O3. The lowest BCUT2D eigenvalue weighted by molar-refractivity contribution is 0.102. The van der Waals surface area contributed by atoms with Crippen LogP contribution in [0.15, 0.2) is 66.1 Å². The minimum atomic E-state index is -0.469. The number of methoxy groups -OCH3 is 1. The Labute approximate surface area is 159 Å². The number of nitrogens with one attached hydrogen (secondary N) is 2. The van der Waals surface area contributed by atoms with Gasteiger partial charge in [-0.15, -0.1) is 0 Å². The van der Waals surface area contributed by atoms with E-state index >= 15 is 0 Å². The highest BCUT2D eigenvalue weighted by Gasteiger charge is 2.13. The molecule has 2 aromatic heterocycles. The van der Waals surface area contributed by atoms with Crippen LogP contribution in [0.1, 0.15) is 15.9 Å². The molecule has 0 unspecified atom stereocenters. The van der Waals surface area contributed by atoms with Gasteiger partial charge in [0.25, 0.3) is 5.91 Å². The molecule has 4 rings (SSSR count). The van der Waals surface area contributed by atoms with Crippen molar-refractivity contribution in [3.63, 3.8) is 0 Å². The summed E-state index contributed by atoms with van der Waals surface area (Å²) in [6.07, 6.45) is 4.53. The summed E-state index contributed by atoms with van der Waals surface area (Å²) in [5, 5.41) is 7.24. The first-order valence-electron chi connectivity index (χ1n) is 8.56. The molecule has 2 heterocycles. The number of anilines is 1. The second-order valence-electron chi connectivity index (χ2n) is 6.19. The predicted molar refractivity (Wildman–Crippen MR) is 105 cm³/mol. The molecule has 8 nitrogen and oxygen atoms in total. The second kappa shape index (κ2) is 7.36. The van der Waals surface area contributed by atoms with Crippen LogP contribution in [0.4, 0.5) is 5.69 Å². The molecule has 0 bridgehead atoms. The molecule has 4 aromatic rings. The fourth-order valence-corrected chi connectivity index (χ4v) is 2.89.